The second-order valence-electron chi connectivity index (χ2n) is 6.52. The molecule has 1 aromatic carbocycles. The Labute approximate surface area is 150 Å². The van der Waals surface area contributed by atoms with E-state index in [-0.39, 0.29) is 23.5 Å². The van der Waals surface area contributed by atoms with Crippen molar-refractivity contribution in [3.8, 4) is 5.75 Å². The molecule has 6 heteroatoms. The molecule has 1 aliphatic heterocycles. The zero-order valence-electron chi connectivity index (χ0n) is 15.2. The third-order valence-electron chi connectivity index (χ3n) is 4.48. The summed E-state index contributed by atoms with van der Waals surface area (Å²) >= 11 is 0. The van der Waals surface area contributed by atoms with Crippen LogP contribution in [0.5, 0.6) is 5.75 Å². The fourth-order valence-corrected chi connectivity index (χ4v) is 4.79. The summed E-state index contributed by atoms with van der Waals surface area (Å²) in [7, 11) is -1.42. The molecular formula is C19H27NO4S. The second-order valence-corrected chi connectivity index (χ2v) is 8.75. The van der Waals surface area contributed by atoms with Gasteiger partial charge in [-0.2, -0.15) is 0 Å². The minimum Gasteiger partial charge on any atom is -0.496 e. The molecule has 0 saturated carbocycles. The summed E-state index contributed by atoms with van der Waals surface area (Å²) in [5.41, 5.74) is 1.92. The van der Waals surface area contributed by atoms with E-state index in [9.17, 15) is 13.2 Å². The van der Waals surface area contributed by atoms with Crippen molar-refractivity contribution in [2.75, 3.05) is 25.2 Å². The Morgan fingerprint density at radius 3 is 2.76 bits per heavy atom. The van der Waals surface area contributed by atoms with Crippen molar-refractivity contribution in [1.29, 1.82) is 0 Å². The molecule has 1 aromatic rings. The smallest absolute Gasteiger partial charge is 0.246 e. The van der Waals surface area contributed by atoms with E-state index in [2.05, 4.69) is 6.92 Å². The van der Waals surface area contributed by atoms with Crippen molar-refractivity contribution >= 4 is 21.8 Å². The average molecular weight is 365 g/mol. The van der Waals surface area contributed by atoms with E-state index in [1.54, 1.807) is 18.1 Å². The van der Waals surface area contributed by atoms with E-state index < -0.39 is 9.84 Å². The van der Waals surface area contributed by atoms with Crippen LogP contribution in [0, 0.1) is 6.92 Å². The zero-order valence-corrected chi connectivity index (χ0v) is 16.0. The Balaban J connectivity index is 2.18. The fraction of sp³-hybridized carbons (Fsp3) is 0.526. The molecule has 1 unspecified atom stereocenters. The first-order valence-corrected chi connectivity index (χ1v) is 10.5. The van der Waals surface area contributed by atoms with Crippen molar-refractivity contribution in [2.45, 2.75) is 39.2 Å². The van der Waals surface area contributed by atoms with Crippen molar-refractivity contribution in [3.63, 3.8) is 0 Å². The number of amides is 1. The summed E-state index contributed by atoms with van der Waals surface area (Å²) in [4.78, 5) is 14.4. The van der Waals surface area contributed by atoms with Gasteiger partial charge in [-0.25, -0.2) is 8.42 Å². The maximum absolute atomic E-state index is 12.7. The van der Waals surface area contributed by atoms with Gasteiger partial charge in [-0.15, -0.1) is 0 Å². The molecule has 1 saturated heterocycles. The van der Waals surface area contributed by atoms with Crippen LogP contribution in [0.25, 0.3) is 6.08 Å². The minimum atomic E-state index is -3.02. The number of benzene rings is 1. The number of carbonyl (C=O) groups excluding carboxylic acids is 1. The van der Waals surface area contributed by atoms with Gasteiger partial charge in [0.1, 0.15) is 5.75 Å². The highest BCUT2D eigenvalue weighted by molar-refractivity contribution is 7.91. The number of hydrogen-bond acceptors (Lipinski definition) is 4. The highest BCUT2D eigenvalue weighted by Crippen LogP contribution is 2.22. The molecule has 0 N–H and O–H groups in total. The van der Waals surface area contributed by atoms with Crippen LogP contribution in [0.2, 0.25) is 0 Å². The van der Waals surface area contributed by atoms with E-state index in [1.807, 2.05) is 25.1 Å². The summed E-state index contributed by atoms with van der Waals surface area (Å²) in [6.07, 6.45) is 5.62. The second kappa shape index (κ2) is 8.52. The molecular weight excluding hydrogens is 338 g/mol. The molecule has 1 fully saturated rings. The van der Waals surface area contributed by atoms with Gasteiger partial charge < -0.3 is 9.64 Å². The van der Waals surface area contributed by atoms with Gasteiger partial charge in [0.15, 0.2) is 9.84 Å². The lowest BCUT2D eigenvalue weighted by Gasteiger charge is -2.27. The van der Waals surface area contributed by atoms with E-state index in [1.165, 1.54) is 6.08 Å². The third-order valence-corrected chi connectivity index (χ3v) is 6.23. The predicted octanol–water partition coefficient (Wildman–Crippen LogP) is 2.83. The standard InChI is InChI=1S/C19H27NO4S/c1-4-5-11-20(17-10-12-25(22,23)14-17)19(21)9-7-16-13-15(2)6-8-18(16)24-3/h6-9,13,17H,4-5,10-12,14H2,1-3H3/b9-7+. The van der Waals surface area contributed by atoms with Gasteiger partial charge in [0.2, 0.25) is 5.91 Å². The largest absolute Gasteiger partial charge is 0.496 e. The van der Waals surface area contributed by atoms with Crippen LogP contribution in [0.4, 0.5) is 0 Å². The van der Waals surface area contributed by atoms with E-state index in [0.29, 0.717) is 18.7 Å². The van der Waals surface area contributed by atoms with Crippen LogP contribution >= 0.6 is 0 Å². The minimum absolute atomic E-state index is 0.0735. The van der Waals surface area contributed by atoms with Crippen molar-refractivity contribution in [2.24, 2.45) is 0 Å². The van der Waals surface area contributed by atoms with Gasteiger partial charge in [-0.05, 0) is 38.0 Å². The number of nitrogens with zero attached hydrogens (tertiary/aromatic N) is 1. The van der Waals surface area contributed by atoms with E-state index in [4.69, 9.17) is 4.74 Å². The maximum atomic E-state index is 12.7. The molecule has 0 bridgehead atoms. The Kier molecular flexibility index (Phi) is 6.64. The molecule has 0 spiro atoms. The summed E-state index contributed by atoms with van der Waals surface area (Å²) in [5, 5.41) is 0. The van der Waals surface area contributed by atoms with Crippen LogP contribution in [-0.4, -0.2) is 50.4 Å². The lowest BCUT2D eigenvalue weighted by atomic mass is 10.1. The van der Waals surface area contributed by atoms with Gasteiger partial charge in [-0.3, -0.25) is 4.79 Å². The highest BCUT2D eigenvalue weighted by Gasteiger charge is 2.33. The average Bonchev–Trinajstić information content (AvgIpc) is 2.93. The molecule has 0 aliphatic carbocycles. The third kappa shape index (κ3) is 5.33. The molecule has 1 amide bonds. The number of unbranched alkanes of at least 4 members (excludes halogenated alkanes) is 1. The van der Waals surface area contributed by atoms with Crippen molar-refractivity contribution in [1.82, 2.24) is 4.90 Å². The van der Waals surface area contributed by atoms with Gasteiger partial charge in [-0.1, -0.05) is 25.0 Å². The number of ether oxygens (including phenoxy) is 1. The quantitative estimate of drug-likeness (QED) is 0.697. The Morgan fingerprint density at radius 2 is 2.16 bits per heavy atom. The number of hydrogen-bond donors (Lipinski definition) is 0. The van der Waals surface area contributed by atoms with Gasteiger partial charge in [0.25, 0.3) is 0 Å². The van der Waals surface area contributed by atoms with Crippen LogP contribution in [0.3, 0.4) is 0 Å². The molecule has 25 heavy (non-hydrogen) atoms. The van der Waals surface area contributed by atoms with Crippen molar-refractivity contribution < 1.29 is 17.9 Å². The van der Waals surface area contributed by atoms with Crippen LogP contribution in [0.1, 0.15) is 37.3 Å². The summed E-state index contributed by atoms with van der Waals surface area (Å²) in [6.45, 7) is 4.63. The zero-order chi connectivity index (χ0) is 18.4. The number of methoxy groups -OCH3 is 1. The van der Waals surface area contributed by atoms with Crippen LogP contribution in [-0.2, 0) is 14.6 Å². The number of sulfone groups is 1. The molecule has 2 rings (SSSR count). The molecule has 0 aromatic heterocycles. The molecule has 0 radical (unpaired) electrons. The first kappa shape index (κ1) is 19.5. The molecule has 1 heterocycles. The fourth-order valence-electron chi connectivity index (χ4n) is 3.06. The summed E-state index contributed by atoms with van der Waals surface area (Å²) in [5.74, 6) is 0.810. The van der Waals surface area contributed by atoms with E-state index >= 15 is 0 Å². The predicted molar refractivity (Wildman–Crippen MR) is 100 cm³/mol. The van der Waals surface area contributed by atoms with Crippen LogP contribution < -0.4 is 4.74 Å². The summed E-state index contributed by atoms with van der Waals surface area (Å²) in [6, 6.07) is 5.57. The summed E-state index contributed by atoms with van der Waals surface area (Å²) < 4.78 is 28.9. The maximum Gasteiger partial charge on any atom is 0.246 e. The van der Waals surface area contributed by atoms with Crippen molar-refractivity contribution in [3.05, 3.63) is 35.4 Å². The van der Waals surface area contributed by atoms with Gasteiger partial charge in [0.05, 0.1) is 18.6 Å². The van der Waals surface area contributed by atoms with Crippen LogP contribution in [0.15, 0.2) is 24.3 Å². The lowest BCUT2D eigenvalue weighted by molar-refractivity contribution is -0.127. The Morgan fingerprint density at radius 1 is 1.40 bits per heavy atom. The Hall–Kier alpha value is -1.82. The lowest BCUT2D eigenvalue weighted by Crippen LogP contribution is -2.40. The normalized spacial score (nSPS) is 19.2. The van der Waals surface area contributed by atoms with E-state index in [0.717, 1.165) is 24.0 Å². The van der Waals surface area contributed by atoms with Gasteiger partial charge >= 0.3 is 0 Å². The molecule has 1 aliphatic rings. The number of carbonyl (C=O) groups is 1. The SMILES string of the molecule is CCCCN(C(=O)/C=C/c1cc(C)ccc1OC)C1CCS(=O)(=O)C1. The Bertz CT molecular complexity index is 740. The monoisotopic (exact) mass is 365 g/mol. The molecule has 1 atom stereocenters. The highest BCUT2D eigenvalue weighted by atomic mass is 32.2. The first-order valence-electron chi connectivity index (χ1n) is 8.70. The van der Waals surface area contributed by atoms with Gasteiger partial charge in [0, 0.05) is 24.2 Å². The first-order chi connectivity index (χ1) is 11.9. The number of rotatable bonds is 7. The number of aryl methyl sites for hydroxylation is 1. The molecule has 5 nitrogen and oxygen atoms in total. The topological polar surface area (TPSA) is 63.7 Å². The molecule has 138 valence electrons.